The highest BCUT2D eigenvalue weighted by Crippen LogP contribution is 2.24. The van der Waals surface area contributed by atoms with Crippen molar-refractivity contribution in [1.29, 1.82) is 0 Å². The van der Waals surface area contributed by atoms with Crippen molar-refractivity contribution in [2.45, 2.75) is 34.1 Å². The van der Waals surface area contributed by atoms with Gasteiger partial charge in [0.1, 0.15) is 0 Å². The van der Waals surface area contributed by atoms with Crippen LogP contribution in [0.3, 0.4) is 0 Å². The molecule has 0 saturated carbocycles. The summed E-state index contributed by atoms with van der Waals surface area (Å²) in [7, 11) is 0. The van der Waals surface area contributed by atoms with Crippen molar-refractivity contribution in [3.63, 3.8) is 0 Å². The quantitative estimate of drug-likeness (QED) is 0.569. The molecule has 0 aromatic heterocycles. The minimum Gasteiger partial charge on any atom is -0.179 e. The van der Waals surface area contributed by atoms with Crippen LogP contribution in [-0.4, -0.2) is 5.75 Å². The highest BCUT2D eigenvalue weighted by molar-refractivity contribution is 7.80. The fraction of sp³-hybridized carbons (Fsp3) is 1.00. The molecule has 0 aliphatic rings. The first-order valence-electron chi connectivity index (χ1n) is 3.56. The average Bonchev–Trinajstić information content (AvgIpc) is 1.62. The average molecular weight is 146 g/mol. The predicted molar refractivity (Wildman–Crippen MR) is 47.1 cm³/mol. The fourth-order valence-corrected chi connectivity index (χ4v) is 1.24. The van der Waals surface area contributed by atoms with Gasteiger partial charge in [-0.1, -0.05) is 27.7 Å². The van der Waals surface area contributed by atoms with Crippen LogP contribution in [0.4, 0.5) is 0 Å². The van der Waals surface area contributed by atoms with Crippen LogP contribution in [0.2, 0.25) is 0 Å². The van der Waals surface area contributed by atoms with Crippen LogP contribution in [0, 0.1) is 11.3 Å². The molecule has 0 nitrogen and oxygen atoms in total. The maximum Gasteiger partial charge on any atom is -0.00719 e. The van der Waals surface area contributed by atoms with Gasteiger partial charge in [-0.15, -0.1) is 0 Å². The van der Waals surface area contributed by atoms with E-state index in [1.165, 1.54) is 6.42 Å². The summed E-state index contributed by atoms with van der Waals surface area (Å²) in [6.07, 6.45) is 1.27. The lowest BCUT2D eigenvalue weighted by molar-refractivity contribution is 0.323. The van der Waals surface area contributed by atoms with Gasteiger partial charge in [0, 0.05) is 0 Å². The van der Waals surface area contributed by atoms with Gasteiger partial charge >= 0.3 is 0 Å². The Hall–Kier alpha value is 0.350. The van der Waals surface area contributed by atoms with Crippen molar-refractivity contribution < 1.29 is 0 Å². The molecule has 0 aliphatic heterocycles. The Balaban J connectivity index is 3.47. The number of hydrogen-bond acceptors (Lipinski definition) is 1. The van der Waals surface area contributed by atoms with Crippen molar-refractivity contribution in [2.75, 3.05) is 5.75 Å². The summed E-state index contributed by atoms with van der Waals surface area (Å²) in [5, 5.41) is 0. The standard InChI is InChI=1S/C8H18S/c1-7(6-9)5-8(2,3)4/h7,9H,5-6H2,1-4H3/t7-/m1/s1. The molecule has 1 atom stereocenters. The zero-order valence-corrected chi connectivity index (χ0v) is 7.83. The number of thiol groups is 1. The van der Waals surface area contributed by atoms with E-state index in [-0.39, 0.29) is 0 Å². The molecule has 0 radical (unpaired) electrons. The molecular formula is C8H18S. The van der Waals surface area contributed by atoms with E-state index in [4.69, 9.17) is 0 Å². The van der Waals surface area contributed by atoms with E-state index in [9.17, 15) is 0 Å². The Labute approximate surface area is 64.4 Å². The van der Waals surface area contributed by atoms with E-state index >= 15 is 0 Å². The summed E-state index contributed by atoms with van der Waals surface area (Å²) in [6, 6.07) is 0. The summed E-state index contributed by atoms with van der Waals surface area (Å²) in [6.45, 7) is 9.06. The Bertz CT molecular complexity index is 71.1. The zero-order chi connectivity index (χ0) is 7.49. The molecule has 0 bridgehead atoms. The minimum atomic E-state index is 0.474. The third-order valence-electron chi connectivity index (χ3n) is 1.27. The predicted octanol–water partition coefficient (Wildman–Crippen LogP) is 2.99. The van der Waals surface area contributed by atoms with Crippen molar-refractivity contribution in [3.8, 4) is 0 Å². The molecule has 0 aromatic carbocycles. The lowest BCUT2D eigenvalue weighted by Gasteiger charge is -2.21. The highest BCUT2D eigenvalue weighted by atomic mass is 32.1. The van der Waals surface area contributed by atoms with Gasteiger partial charge in [0.25, 0.3) is 0 Å². The Morgan fingerprint density at radius 3 is 1.89 bits per heavy atom. The highest BCUT2D eigenvalue weighted by Gasteiger charge is 2.13. The van der Waals surface area contributed by atoms with Crippen LogP contribution in [0.5, 0.6) is 0 Å². The minimum absolute atomic E-state index is 0.474. The maximum absolute atomic E-state index is 4.23. The van der Waals surface area contributed by atoms with Crippen LogP contribution >= 0.6 is 12.6 Å². The number of hydrogen-bond donors (Lipinski definition) is 1. The summed E-state index contributed by atoms with van der Waals surface area (Å²) >= 11 is 4.23. The van der Waals surface area contributed by atoms with Gasteiger partial charge < -0.3 is 0 Å². The third kappa shape index (κ3) is 6.23. The molecule has 0 spiro atoms. The summed E-state index contributed by atoms with van der Waals surface area (Å²) < 4.78 is 0. The lowest BCUT2D eigenvalue weighted by Crippen LogP contribution is -2.11. The molecule has 0 saturated heterocycles. The SMILES string of the molecule is C[C@@H](CS)CC(C)(C)C. The Kier molecular flexibility index (Phi) is 3.64. The van der Waals surface area contributed by atoms with E-state index in [1.54, 1.807) is 0 Å². The van der Waals surface area contributed by atoms with Gasteiger partial charge in [0.2, 0.25) is 0 Å². The molecular weight excluding hydrogens is 128 g/mol. The molecule has 0 heterocycles. The first-order valence-corrected chi connectivity index (χ1v) is 4.20. The second-order valence-electron chi connectivity index (χ2n) is 4.05. The van der Waals surface area contributed by atoms with E-state index in [2.05, 4.69) is 40.3 Å². The molecule has 0 fully saturated rings. The Morgan fingerprint density at radius 1 is 1.33 bits per heavy atom. The first kappa shape index (κ1) is 9.35. The van der Waals surface area contributed by atoms with Crippen molar-refractivity contribution in [1.82, 2.24) is 0 Å². The van der Waals surface area contributed by atoms with E-state index in [0.717, 1.165) is 11.7 Å². The third-order valence-corrected chi connectivity index (χ3v) is 1.90. The largest absolute Gasteiger partial charge is 0.179 e. The zero-order valence-electron chi connectivity index (χ0n) is 6.94. The first-order chi connectivity index (χ1) is 3.95. The lowest BCUT2D eigenvalue weighted by atomic mass is 9.86. The van der Waals surface area contributed by atoms with E-state index in [0.29, 0.717) is 5.41 Å². The Morgan fingerprint density at radius 2 is 1.78 bits per heavy atom. The van der Waals surface area contributed by atoms with Crippen LogP contribution in [0.15, 0.2) is 0 Å². The van der Waals surface area contributed by atoms with Gasteiger partial charge in [-0.2, -0.15) is 12.6 Å². The van der Waals surface area contributed by atoms with Crippen LogP contribution in [-0.2, 0) is 0 Å². The molecule has 0 aromatic rings. The van der Waals surface area contributed by atoms with Crippen molar-refractivity contribution in [2.24, 2.45) is 11.3 Å². The van der Waals surface area contributed by atoms with Crippen LogP contribution < -0.4 is 0 Å². The van der Waals surface area contributed by atoms with Gasteiger partial charge in [-0.25, -0.2) is 0 Å². The van der Waals surface area contributed by atoms with Crippen LogP contribution in [0.1, 0.15) is 34.1 Å². The maximum atomic E-state index is 4.23. The van der Waals surface area contributed by atoms with Gasteiger partial charge in [0.05, 0.1) is 0 Å². The normalized spacial score (nSPS) is 15.7. The molecule has 56 valence electrons. The monoisotopic (exact) mass is 146 g/mol. The van der Waals surface area contributed by atoms with Crippen LogP contribution in [0.25, 0.3) is 0 Å². The second-order valence-corrected chi connectivity index (χ2v) is 4.42. The van der Waals surface area contributed by atoms with Gasteiger partial charge in [-0.05, 0) is 23.5 Å². The summed E-state index contributed by atoms with van der Waals surface area (Å²) in [4.78, 5) is 0. The molecule has 9 heavy (non-hydrogen) atoms. The molecule has 0 unspecified atom stereocenters. The molecule has 0 N–H and O–H groups in total. The molecule has 0 rings (SSSR count). The van der Waals surface area contributed by atoms with E-state index in [1.807, 2.05) is 0 Å². The van der Waals surface area contributed by atoms with Crippen molar-refractivity contribution in [3.05, 3.63) is 0 Å². The second kappa shape index (κ2) is 3.50. The molecule has 0 aliphatic carbocycles. The van der Waals surface area contributed by atoms with Gasteiger partial charge in [0.15, 0.2) is 0 Å². The fourth-order valence-electron chi connectivity index (χ4n) is 1.11. The van der Waals surface area contributed by atoms with E-state index < -0.39 is 0 Å². The summed E-state index contributed by atoms with van der Waals surface area (Å²) in [5.41, 5.74) is 0.474. The smallest absolute Gasteiger partial charge is 0.00719 e. The molecule has 0 amide bonds. The topological polar surface area (TPSA) is 0 Å². The molecule has 1 heteroatoms. The summed E-state index contributed by atoms with van der Waals surface area (Å²) in [5.74, 6) is 1.77. The number of rotatable bonds is 2. The van der Waals surface area contributed by atoms with Gasteiger partial charge in [-0.3, -0.25) is 0 Å². The van der Waals surface area contributed by atoms with Crippen molar-refractivity contribution >= 4 is 12.6 Å².